The molecule has 1 aliphatic carbocycles. The Kier molecular flexibility index (Phi) is 7.06. The second-order valence-electron chi connectivity index (χ2n) is 5.27. The smallest absolute Gasteiger partial charge is 0.0464 e. The van der Waals surface area contributed by atoms with Gasteiger partial charge in [0.05, 0.1) is 0 Å². The Morgan fingerprint density at radius 1 is 1.31 bits per heavy atom. The third kappa shape index (κ3) is 4.42. The molecule has 1 N–H and O–H groups in total. The molecule has 0 aromatic rings. The number of ether oxygens (including phenoxy) is 1. The van der Waals surface area contributed by atoms with Crippen molar-refractivity contribution in [1.82, 2.24) is 5.32 Å². The normalized spacial score (nSPS) is 27.9. The molecule has 0 heterocycles. The summed E-state index contributed by atoms with van der Waals surface area (Å²) in [5, 5.41) is 3.53. The summed E-state index contributed by atoms with van der Waals surface area (Å²) in [5.74, 6) is 2.65. The van der Waals surface area contributed by atoms with Crippen LogP contribution in [-0.4, -0.2) is 26.8 Å². The highest BCUT2D eigenvalue weighted by molar-refractivity contribution is 4.80. The van der Waals surface area contributed by atoms with Gasteiger partial charge in [-0.3, -0.25) is 0 Å². The number of hydrogen-bond acceptors (Lipinski definition) is 2. The molecule has 1 saturated carbocycles. The Morgan fingerprint density at radius 3 is 2.75 bits per heavy atom. The first-order valence-corrected chi connectivity index (χ1v) is 6.99. The van der Waals surface area contributed by atoms with E-state index in [1.165, 1.54) is 38.6 Å². The maximum atomic E-state index is 5.20. The van der Waals surface area contributed by atoms with Crippen molar-refractivity contribution < 1.29 is 4.74 Å². The highest BCUT2D eigenvalue weighted by atomic mass is 16.5. The molecule has 0 saturated heterocycles. The topological polar surface area (TPSA) is 21.3 Å². The van der Waals surface area contributed by atoms with Crippen LogP contribution < -0.4 is 5.32 Å². The molecule has 0 aromatic heterocycles. The van der Waals surface area contributed by atoms with Crippen LogP contribution >= 0.6 is 0 Å². The molecule has 1 rings (SSSR count). The summed E-state index contributed by atoms with van der Waals surface area (Å²) < 4.78 is 5.20. The summed E-state index contributed by atoms with van der Waals surface area (Å²) in [6.45, 7) is 7.86. The fourth-order valence-corrected chi connectivity index (χ4v) is 3.09. The van der Waals surface area contributed by atoms with Crippen molar-refractivity contribution in [3.05, 3.63) is 0 Å². The maximum Gasteiger partial charge on any atom is 0.0464 e. The lowest BCUT2D eigenvalue weighted by Crippen LogP contribution is -2.34. The van der Waals surface area contributed by atoms with E-state index in [2.05, 4.69) is 19.2 Å². The molecule has 2 heteroatoms. The van der Waals surface area contributed by atoms with E-state index in [-0.39, 0.29) is 0 Å². The molecule has 0 amide bonds. The zero-order valence-electron chi connectivity index (χ0n) is 11.3. The number of methoxy groups -OCH3 is 1. The largest absolute Gasteiger partial charge is 0.385 e. The zero-order chi connectivity index (χ0) is 11.8. The van der Waals surface area contributed by atoms with Crippen LogP contribution in [0.3, 0.4) is 0 Å². The highest BCUT2D eigenvalue weighted by Crippen LogP contribution is 2.36. The molecule has 0 aliphatic heterocycles. The van der Waals surface area contributed by atoms with Crippen molar-refractivity contribution in [3.63, 3.8) is 0 Å². The minimum atomic E-state index is 0.823. The molecule has 0 radical (unpaired) electrons. The van der Waals surface area contributed by atoms with Crippen LogP contribution in [-0.2, 0) is 4.74 Å². The van der Waals surface area contributed by atoms with Crippen molar-refractivity contribution in [2.24, 2.45) is 17.8 Å². The summed E-state index contributed by atoms with van der Waals surface area (Å²) in [4.78, 5) is 0. The third-order valence-corrected chi connectivity index (χ3v) is 4.13. The average molecular weight is 227 g/mol. The lowest BCUT2D eigenvalue weighted by molar-refractivity contribution is 0.121. The van der Waals surface area contributed by atoms with Gasteiger partial charge in [-0.05, 0) is 50.1 Å². The molecule has 1 fully saturated rings. The van der Waals surface area contributed by atoms with Gasteiger partial charge in [-0.1, -0.05) is 26.7 Å². The summed E-state index contributed by atoms with van der Waals surface area (Å²) in [5.41, 5.74) is 0. The second-order valence-corrected chi connectivity index (χ2v) is 5.27. The predicted octanol–water partition coefficient (Wildman–Crippen LogP) is 3.07. The molecule has 2 nitrogen and oxygen atoms in total. The van der Waals surface area contributed by atoms with Gasteiger partial charge in [0.15, 0.2) is 0 Å². The molecule has 0 aromatic carbocycles. The summed E-state index contributed by atoms with van der Waals surface area (Å²) in [7, 11) is 1.81. The molecular weight excluding hydrogens is 198 g/mol. The molecule has 3 unspecified atom stereocenters. The minimum Gasteiger partial charge on any atom is -0.385 e. The molecule has 3 atom stereocenters. The first kappa shape index (κ1) is 14.0. The molecule has 16 heavy (non-hydrogen) atoms. The van der Waals surface area contributed by atoms with Gasteiger partial charge < -0.3 is 10.1 Å². The molecule has 96 valence electrons. The first-order valence-electron chi connectivity index (χ1n) is 6.99. The Morgan fingerprint density at radius 2 is 2.06 bits per heavy atom. The summed E-state index contributed by atoms with van der Waals surface area (Å²) in [6.07, 6.45) is 6.95. The van der Waals surface area contributed by atoms with Gasteiger partial charge in [-0.2, -0.15) is 0 Å². The van der Waals surface area contributed by atoms with E-state index < -0.39 is 0 Å². The van der Waals surface area contributed by atoms with E-state index >= 15 is 0 Å². The van der Waals surface area contributed by atoms with Crippen LogP contribution in [0.5, 0.6) is 0 Å². The maximum absolute atomic E-state index is 5.20. The second kappa shape index (κ2) is 8.08. The van der Waals surface area contributed by atoms with Gasteiger partial charge in [0.1, 0.15) is 0 Å². The number of nitrogens with one attached hydrogen (secondary N) is 1. The van der Waals surface area contributed by atoms with Gasteiger partial charge in [0, 0.05) is 13.7 Å². The van der Waals surface area contributed by atoms with E-state index in [4.69, 9.17) is 4.74 Å². The summed E-state index contributed by atoms with van der Waals surface area (Å²) in [6, 6.07) is 0. The Labute approximate surface area is 101 Å². The highest BCUT2D eigenvalue weighted by Gasteiger charge is 2.28. The van der Waals surface area contributed by atoms with E-state index in [0.29, 0.717) is 0 Å². The van der Waals surface area contributed by atoms with Crippen molar-refractivity contribution in [2.75, 3.05) is 26.8 Å². The quantitative estimate of drug-likeness (QED) is 0.721. The number of hydrogen-bond donors (Lipinski definition) is 1. The van der Waals surface area contributed by atoms with Crippen molar-refractivity contribution >= 4 is 0 Å². The van der Waals surface area contributed by atoms with Crippen LogP contribution in [0.4, 0.5) is 0 Å². The standard InChI is InChI=1S/C14H29NO/c1-4-15-11-13-7-5-6-8-14(13)12(2)9-10-16-3/h12-15H,4-11H2,1-3H3. The van der Waals surface area contributed by atoms with Crippen LogP contribution in [0.2, 0.25) is 0 Å². The van der Waals surface area contributed by atoms with E-state index in [1.54, 1.807) is 0 Å². The van der Waals surface area contributed by atoms with Gasteiger partial charge in [-0.25, -0.2) is 0 Å². The van der Waals surface area contributed by atoms with Crippen LogP contribution in [0.1, 0.15) is 46.0 Å². The fraction of sp³-hybridized carbons (Fsp3) is 1.00. The van der Waals surface area contributed by atoms with Crippen LogP contribution in [0.25, 0.3) is 0 Å². The van der Waals surface area contributed by atoms with Gasteiger partial charge in [0.25, 0.3) is 0 Å². The summed E-state index contributed by atoms with van der Waals surface area (Å²) >= 11 is 0. The average Bonchev–Trinajstić information content (AvgIpc) is 2.33. The van der Waals surface area contributed by atoms with Crippen LogP contribution in [0.15, 0.2) is 0 Å². The molecule has 0 spiro atoms. The molecule has 0 bridgehead atoms. The van der Waals surface area contributed by atoms with Gasteiger partial charge >= 0.3 is 0 Å². The van der Waals surface area contributed by atoms with Crippen molar-refractivity contribution in [2.45, 2.75) is 46.0 Å². The monoisotopic (exact) mass is 227 g/mol. The fourth-order valence-electron chi connectivity index (χ4n) is 3.09. The Bertz CT molecular complexity index is 172. The van der Waals surface area contributed by atoms with E-state index in [0.717, 1.165) is 30.9 Å². The van der Waals surface area contributed by atoms with Crippen LogP contribution in [0, 0.1) is 17.8 Å². The van der Waals surface area contributed by atoms with Gasteiger partial charge in [-0.15, -0.1) is 0 Å². The van der Waals surface area contributed by atoms with Crippen molar-refractivity contribution in [1.29, 1.82) is 0 Å². The lowest BCUT2D eigenvalue weighted by Gasteiger charge is -2.36. The number of rotatable bonds is 7. The minimum absolute atomic E-state index is 0.823. The van der Waals surface area contributed by atoms with E-state index in [9.17, 15) is 0 Å². The predicted molar refractivity (Wildman–Crippen MR) is 69.6 cm³/mol. The Hall–Kier alpha value is -0.0800. The molecule has 1 aliphatic rings. The molecular formula is C14H29NO. The van der Waals surface area contributed by atoms with E-state index in [1.807, 2.05) is 7.11 Å². The van der Waals surface area contributed by atoms with Crippen molar-refractivity contribution in [3.8, 4) is 0 Å². The zero-order valence-corrected chi connectivity index (χ0v) is 11.3. The lowest BCUT2D eigenvalue weighted by atomic mass is 9.72. The first-order chi connectivity index (χ1) is 7.79. The Balaban J connectivity index is 2.38. The van der Waals surface area contributed by atoms with Gasteiger partial charge in [0.2, 0.25) is 0 Å². The third-order valence-electron chi connectivity index (χ3n) is 4.13. The SMILES string of the molecule is CCNCC1CCCCC1C(C)CCOC.